The fourth-order valence-electron chi connectivity index (χ4n) is 2.35. The van der Waals surface area contributed by atoms with Crippen molar-refractivity contribution in [1.29, 1.82) is 0 Å². The van der Waals surface area contributed by atoms with Gasteiger partial charge in [0.2, 0.25) is 5.91 Å². The van der Waals surface area contributed by atoms with E-state index in [4.69, 9.17) is 0 Å². The first kappa shape index (κ1) is 14.3. The first-order chi connectivity index (χ1) is 9.65. The highest BCUT2D eigenvalue weighted by molar-refractivity contribution is 5.75. The van der Waals surface area contributed by atoms with Gasteiger partial charge >= 0.3 is 6.03 Å². The van der Waals surface area contributed by atoms with Gasteiger partial charge in [0, 0.05) is 32.3 Å². The lowest BCUT2D eigenvalue weighted by Gasteiger charge is -2.32. The first-order valence-corrected chi connectivity index (χ1v) is 6.85. The lowest BCUT2D eigenvalue weighted by Crippen LogP contribution is -2.51. The Kier molecular flexibility index (Phi) is 4.92. The van der Waals surface area contributed by atoms with Crippen molar-refractivity contribution < 1.29 is 9.59 Å². The number of piperidine rings is 1. The Balaban J connectivity index is 1.81. The zero-order valence-electron chi connectivity index (χ0n) is 11.6. The Labute approximate surface area is 118 Å². The molecule has 108 valence electrons. The molecule has 0 aromatic carbocycles. The summed E-state index contributed by atoms with van der Waals surface area (Å²) in [5, 5.41) is 5.72. The molecule has 0 bridgehead atoms. The smallest absolute Gasteiger partial charge is 0.317 e. The van der Waals surface area contributed by atoms with Crippen molar-refractivity contribution in [3.8, 4) is 0 Å². The summed E-state index contributed by atoms with van der Waals surface area (Å²) >= 11 is 0. The number of urea groups is 1. The van der Waals surface area contributed by atoms with Crippen LogP contribution in [0.1, 0.15) is 25.5 Å². The Morgan fingerprint density at radius 3 is 3.00 bits per heavy atom. The van der Waals surface area contributed by atoms with Crippen molar-refractivity contribution >= 4 is 11.9 Å². The van der Waals surface area contributed by atoms with Crippen molar-refractivity contribution in [2.75, 3.05) is 13.1 Å². The molecule has 1 aliphatic heterocycles. The van der Waals surface area contributed by atoms with Gasteiger partial charge in [-0.05, 0) is 25.0 Å². The second-order valence-corrected chi connectivity index (χ2v) is 4.97. The van der Waals surface area contributed by atoms with E-state index in [0.717, 1.165) is 25.1 Å². The molecule has 0 aliphatic carbocycles. The van der Waals surface area contributed by atoms with E-state index in [1.807, 2.05) is 18.2 Å². The highest BCUT2D eigenvalue weighted by atomic mass is 16.2. The number of hydrogen-bond donors (Lipinski definition) is 2. The number of amides is 3. The third-order valence-corrected chi connectivity index (χ3v) is 3.26. The molecule has 1 aliphatic rings. The molecule has 0 unspecified atom stereocenters. The predicted molar refractivity (Wildman–Crippen MR) is 74.9 cm³/mol. The summed E-state index contributed by atoms with van der Waals surface area (Å²) < 4.78 is 0. The molecule has 3 amide bonds. The van der Waals surface area contributed by atoms with Gasteiger partial charge in [-0.2, -0.15) is 0 Å². The van der Waals surface area contributed by atoms with Crippen LogP contribution in [-0.4, -0.2) is 41.0 Å². The molecular formula is C14H20N4O2. The maximum Gasteiger partial charge on any atom is 0.317 e. The summed E-state index contributed by atoms with van der Waals surface area (Å²) in [5.74, 6) is -0.0502. The number of likely N-dealkylation sites (tertiary alicyclic amines) is 1. The van der Waals surface area contributed by atoms with Crippen LogP contribution in [0.3, 0.4) is 0 Å². The molecule has 2 rings (SSSR count). The third-order valence-electron chi connectivity index (χ3n) is 3.26. The van der Waals surface area contributed by atoms with Crippen LogP contribution in [0.2, 0.25) is 0 Å². The molecule has 2 N–H and O–H groups in total. The summed E-state index contributed by atoms with van der Waals surface area (Å²) in [6, 6.07) is 5.56. The summed E-state index contributed by atoms with van der Waals surface area (Å²) in [6.07, 6.45) is 3.53. The highest BCUT2D eigenvalue weighted by Crippen LogP contribution is 2.10. The summed E-state index contributed by atoms with van der Waals surface area (Å²) in [4.78, 5) is 29.0. The number of nitrogens with one attached hydrogen (secondary N) is 2. The normalized spacial score (nSPS) is 18.4. The molecule has 20 heavy (non-hydrogen) atoms. The number of hydrogen-bond acceptors (Lipinski definition) is 3. The Morgan fingerprint density at radius 1 is 1.45 bits per heavy atom. The van der Waals surface area contributed by atoms with Gasteiger partial charge in [0.05, 0.1) is 12.2 Å². The van der Waals surface area contributed by atoms with E-state index in [1.54, 1.807) is 11.1 Å². The minimum atomic E-state index is -0.106. The fraction of sp³-hybridized carbons (Fsp3) is 0.500. The van der Waals surface area contributed by atoms with E-state index >= 15 is 0 Å². The highest BCUT2D eigenvalue weighted by Gasteiger charge is 2.23. The van der Waals surface area contributed by atoms with Crippen LogP contribution in [-0.2, 0) is 11.3 Å². The molecule has 6 heteroatoms. The average molecular weight is 276 g/mol. The van der Waals surface area contributed by atoms with Gasteiger partial charge in [-0.15, -0.1) is 0 Å². The van der Waals surface area contributed by atoms with Crippen LogP contribution >= 0.6 is 0 Å². The van der Waals surface area contributed by atoms with Crippen molar-refractivity contribution in [3.63, 3.8) is 0 Å². The van der Waals surface area contributed by atoms with Crippen LogP contribution in [0.15, 0.2) is 24.4 Å². The van der Waals surface area contributed by atoms with Crippen LogP contribution in [0.5, 0.6) is 0 Å². The maximum absolute atomic E-state index is 12.1. The standard InChI is InChI=1S/C14H20N4O2/c1-11(19)17-13-6-4-8-18(10-13)14(20)16-9-12-5-2-3-7-15-12/h2-3,5,7,13H,4,6,8-10H2,1H3,(H,16,20)(H,17,19)/t13-/m0/s1. The van der Waals surface area contributed by atoms with Crippen molar-refractivity contribution in [2.45, 2.75) is 32.4 Å². The van der Waals surface area contributed by atoms with E-state index in [1.165, 1.54) is 6.92 Å². The van der Waals surface area contributed by atoms with Crippen LogP contribution in [0.4, 0.5) is 4.79 Å². The van der Waals surface area contributed by atoms with Gasteiger partial charge in [0.1, 0.15) is 0 Å². The minimum absolute atomic E-state index is 0.0502. The van der Waals surface area contributed by atoms with Crippen LogP contribution in [0, 0.1) is 0 Å². The number of carbonyl (C=O) groups excluding carboxylic acids is 2. The van der Waals surface area contributed by atoms with Crippen molar-refractivity contribution in [1.82, 2.24) is 20.5 Å². The van der Waals surface area contributed by atoms with Gasteiger partial charge in [0.25, 0.3) is 0 Å². The first-order valence-electron chi connectivity index (χ1n) is 6.85. The lowest BCUT2D eigenvalue weighted by molar-refractivity contribution is -0.119. The molecule has 1 atom stereocenters. The molecule has 1 aromatic heterocycles. The topological polar surface area (TPSA) is 74.3 Å². The zero-order chi connectivity index (χ0) is 14.4. The summed E-state index contributed by atoms with van der Waals surface area (Å²) in [6.45, 7) is 3.21. The van der Waals surface area contributed by atoms with Gasteiger partial charge < -0.3 is 15.5 Å². The van der Waals surface area contributed by atoms with E-state index in [9.17, 15) is 9.59 Å². The predicted octanol–water partition coefficient (Wildman–Crippen LogP) is 0.892. The SMILES string of the molecule is CC(=O)N[C@H]1CCCN(C(=O)NCc2ccccn2)C1. The Hall–Kier alpha value is -2.11. The van der Waals surface area contributed by atoms with Crippen LogP contribution < -0.4 is 10.6 Å². The molecule has 1 aromatic rings. The zero-order valence-corrected chi connectivity index (χ0v) is 11.6. The molecule has 1 fully saturated rings. The number of carbonyl (C=O) groups is 2. The quantitative estimate of drug-likeness (QED) is 0.861. The van der Waals surface area contributed by atoms with E-state index in [2.05, 4.69) is 15.6 Å². The van der Waals surface area contributed by atoms with E-state index in [0.29, 0.717) is 13.1 Å². The molecule has 1 saturated heterocycles. The van der Waals surface area contributed by atoms with Gasteiger partial charge in [0.15, 0.2) is 0 Å². The largest absolute Gasteiger partial charge is 0.352 e. The second kappa shape index (κ2) is 6.88. The second-order valence-electron chi connectivity index (χ2n) is 4.97. The summed E-state index contributed by atoms with van der Waals surface area (Å²) in [5.41, 5.74) is 0.830. The average Bonchev–Trinajstić information content (AvgIpc) is 2.45. The molecule has 2 heterocycles. The molecular weight excluding hydrogens is 256 g/mol. The van der Waals surface area contributed by atoms with Gasteiger partial charge in [-0.1, -0.05) is 6.07 Å². The van der Waals surface area contributed by atoms with Gasteiger partial charge in [-0.25, -0.2) is 4.79 Å². The number of aromatic nitrogens is 1. The lowest BCUT2D eigenvalue weighted by atomic mass is 10.1. The number of pyridine rings is 1. The Bertz CT molecular complexity index is 464. The maximum atomic E-state index is 12.1. The molecule has 6 nitrogen and oxygen atoms in total. The summed E-state index contributed by atoms with van der Waals surface area (Å²) in [7, 11) is 0. The molecule has 0 saturated carbocycles. The van der Waals surface area contributed by atoms with Crippen molar-refractivity contribution in [2.24, 2.45) is 0 Å². The number of nitrogens with zero attached hydrogens (tertiary/aromatic N) is 2. The Morgan fingerprint density at radius 2 is 2.30 bits per heavy atom. The number of rotatable bonds is 3. The van der Waals surface area contributed by atoms with Crippen LogP contribution in [0.25, 0.3) is 0 Å². The van der Waals surface area contributed by atoms with E-state index in [-0.39, 0.29) is 18.0 Å². The fourth-order valence-corrected chi connectivity index (χ4v) is 2.35. The molecule has 0 radical (unpaired) electrons. The van der Waals surface area contributed by atoms with Crippen molar-refractivity contribution in [3.05, 3.63) is 30.1 Å². The molecule has 0 spiro atoms. The van der Waals surface area contributed by atoms with E-state index < -0.39 is 0 Å². The van der Waals surface area contributed by atoms with Gasteiger partial charge in [-0.3, -0.25) is 9.78 Å². The monoisotopic (exact) mass is 276 g/mol. The third kappa shape index (κ3) is 4.22. The minimum Gasteiger partial charge on any atom is -0.352 e.